The molecule has 0 aromatic heterocycles. The number of aromatic hydroxyl groups is 1. The standard InChI is InChI=1S/C11H10N2O3/c12-6-9-8-4-2-1-3-7(8)5-10(11(9)14)13(15)16/h5,14H,1-4H2. The van der Waals surface area contributed by atoms with Crippen LogP contribution in [0, 0.1) is 21.4 Å². The second kappa shape index (κ2) is 3.81. The zero-order valence-corrected chi connectivity index (χ0v) is 8.56. The van der Waals surface area contributed by atoms with E-state index < -0.39 is 10.7 Å². The Hall–Kier alpha value is -2.09. The lowest BCUT2D eigenvalue weighted by atomic mass is 9.87. The Morgan fingerprint density at radius 3 is 2.75 bits per heavy atom. The second-order valence-electron chi connectivity index (χ2n) is 3.83. The van der Waals surface area contributed by atoms with Gasteiger partial charge in [-0.1, -0.05) is 0 Å². The molecular weight excluding hydrogens is 208 g/mol. The first-order valence-corrected chi connectivity index (χ1v) is 5.07. The Labute approximate surface area is 92.1 Å². The van der Waals surface area contributed by atoms with Gasteiger partial charge >= 0.3 is 5.69 Å². The van der Waals surface area contributed by atoms with Crippen molar-refractivity contribution in [2.24, 2.45) is 0 Å². The van der Waals surface area contributed by atoms with E-state index in [1.165, 1.54) is 6.07 Å². The molecule has 1 aromatic rings. The van der Waals surface area contributed by atoms with Gasteiger partial charge in [-0.3, -0.25) is 10.1 Å². The molecule has 0 atom stereocenters. The average Bonchev–Trinajstić information content (AvgIpc) is 2.28. The minimum Gasteiger partial charge on any atom is -0.501 e. The predicted molar refractivity (Wildman–Crippen MR) is 56.1 cm³/mol. The highest BCUT2D eigenvalue weighted by atomic mass is 16.6. The van der Waals surface area contributed by atoms with Crippen LogP contribution in [-0.4, -0.2) is 10.0 Å². The van der Waals surface area contributed by atoms with Crippen molar-refractivity contribution in [3.05, 3.63) is 32.9 Å². The molecule has 0 saturated carbocycles. The third-order valence-electron chi connectivity index (χ3n) is 2.91. The van der Waals surface area contributed by atoms with Crippen LogP contribution in [0.3, 0.4) is 0 Å². The summed E-state index contributed by atoms with van der Waals surface area (Å²) in [5, 5.41) is 29.3. The fourth-order valence-electron chi connectivity index (χ4n) is 2.14. The summed E-state index contributed by atoms with van der Waals surface area (Å²) in [7, 11) is 0. The predicted octanol–water partition coefficient (Wildman–Crippen LogP) is 2.05. The van der Waals surface area contributed by atoms with Crippen molar-refractivity contribution in [1.29, 1.82) is 5.26 Å². The number of fused-ring (bicyclic) bond motifs is 1. The summed E-state index contributed by atoms with van der Waals surface area (Å²) in [6.07, 6.45) is 3.38. The van der Waals surface area contributed by atoms with Crippen molar-refractivity contribution in [2.45, 2.75) is 25.7 Å². The molecule has 0 aliphatic heterocycles. The van der Waals surface area contributed by atoms with Crippen LogP contribution in [0.25, 0.3) is 0 Å². The summed E-state index contributed by atoms with van der Waals surface area (Å²) >= 11 is 0. The van der Waals surface area contributed by atoms with Gasteiger partial charge in [0.1, 0.15) is 11.6 Å². The van der Waals surface area contributed by atoms with E-state index in [9.17, 15) is 15.2 Å². The SMILES string of the molecule is N#Cc1c(O)c([N+](=O)[O-])cc2c1CCCC2. The van der Waals surface area contributed by atoms with Crippen LogP contribution in [0.15, 0.2) is 6.07 Å². The molecule has 1 N–H and O–H groups in total. The third kappa shape index (κ3) is 1.48. The number of nitriles is 1. The first-order valence-electron chi connectivity index (χ1n) is 5.07. The summed E-state index contributed by atoms with van der Waals surface area (Å²) in [4.78, 5) is 10.1. The molecule has 16 heavy (non-hydrogen) atoms. The maximum atomic E-state index is 10.7. The summed E-state index contributed by atoms with van der Waals surface area (Å²) < 4.78 is 0. The largest absolute Gasteiger partial charge is 0.501 e. The molecule has 0 radical (unpaired) electrons. The minimum absolute atomic E-state index is 0.0731. The molecule has 82 valence electrons. The topological polar surface area (TPSA) is 87.2 Å². The first-order chi connectivity index (χ1) is 7.65. The molecule has 0 saturated heterocycles. The summed E-state index contributed by atoms with van der Waals surface area (Å²) in [5.74, 6) is -0.492. The molecule has 1 aromatic carbocycles. The summed E-state index contributed by atoms with van der Waals surface area (Å²) in [6.45, 7) is 0. The van der Waals surface area contributed by atoms with Crippen molar-refractivity contribution in [1.82, 2.24) is 0 Å². The van der Waals surface area contributed by atoms with Gasteiger partial charge in [0.25, 0.3) is 0 Å². The zero-order chi connectivity index (χ0) is 11.7. The smallest absolute Gasteiger partial charge is 0.312 e. The van der Waals surface area contributed by atoms with E-state index in [1.807, 2.05) is 6.07 Å². The van der Waals surface area contributed by atoms with Crippen LogP contribution in [-0.2, 0) is 12.8 Å². The third-order valence-corrected chi connectivity index (χ3v) is 2.91. The molecule has 0 unspecified atom stereocenters. The van der Waals surface area contributed by atoms with E-state index in [-0.39, 0.29) is 11.3 Å². The number of aryl methyl sites for hydroxylation is 1. The maximum Gasteiger partial charge on any atom is 0.312 e. The van der Waals surface area contributed by atoms with Gasteiger partial charge in [-0.15, -0.1) is 0 Å². The van der Waals surface area contributed by atoms with Crippen LogP contribution >= 0.6 is 0 Å². The molecule has 0 bridgehead atoms. The van der Waals surface area contributed by atoms with Crippen LogP contribution in [0.4, 0.5) is 5.69 Å². The molecule has 0 spiro atoms. The molecule has 1 aliphatic rings. The van der Waals surface area contributed by atoms with Crippen molar-refractivity contribution >= 4 is 5.69 Å². The van der Waals surface area contributed by atoms with Gasteiger partial charge in [0.15, 0.2) is 0 Å². The highest BCUT2D eigenvalue weighted by Crippen LogP contribution is 2.37. The normalized spacial score (nSPS) is 13.9. The molecule has 1 aliphatic carbocycles. The van der Waals surface area contributed by atoms with Crippen LogP contribution in [0.1, 0.15) is 29.5 Å². The average molecular weight is 218 g/mol. The molecule has 0 fully saturated rings. The van der Waals surface area contributed by atoms with Crippen molar-refractivity contribution in [2.75, 3.05) is 0 Å². The van der Waals surface area contributed by atoms with Gasteiger partial charge in [-0.25, -0.2) is 0 Å². The summed E-state index contributed by atoms with van der Waals surface area (Å²) in [6, 6.07) is 3.26. The number of nitro benzene ring substituents is 1. The van der Waals surface area contributed by atoms with E-state index in [0.29, 0.717) is 6.42 Å². The van der Waals surface area contributed by atoms with Crippen molar-refractivity contribution < 1.29 is 10.0 Å². The van der Waals surface area contributed by atoms with Crippen LogP contribution in [0.2, 0.25) is 0 Å². The molecule has 0 heterocycles. The second-order valence-corrected chi connectivity index (χ2v) is 3.83. The quantitative estimate of drug-likeness (QED) is 0.577. The number of nitrogens with zero attached hydrogens (tertiary/aromatic N) is 2. The van der Waals surface area contributed by atoms with Crippen LogP contribution in [0.5, 0.6) is 5.75 Å². The van der Waals surface area contributed by atoms with Gasteiger partial charge in [0.05, 0.1) is 4.92 Å². The van der Waals surface area contributed by atoms with Crippen LogP contribution < -0.4 is 0 Å². The van der Waals surface area contributed by atoms with E-state index in [2.05, 4.69) is 0 Å². The first kappa shape index (κ1) is 10.4. The van der Waals surface area contributed by atoms with E-state index in [0.717, 1.165) is 30.4 Å². The van der Waals surface area contributed by atoms with Crippen molar-refractivity contribution in [3.63, 3.8) is 0 Å². The maximum absolute atomic E-state index is 10.7. The fourth-order valence-corrected chi connectivity index (χ4v) is 2.14. The molecule has 5 nitrogen and oxygen atoms in total. The Morgan fingerprint density at radius 1 is 1.44 bits per heavy atom. The van der Waals surface area contributed by atoms with E-state index in [1.54, 1.807) is 0 Å². The Morgan fingerprint density at radius 2 is 2.12 bits per heavy atom. The number of benzene rings is 1. The molecular formula is C11H10N2O3. The van der Waals surface area contributed by atoms with Gasteiger partial charge in [0, 0.05) is 6.07 Å². The number of phenolic OH excluding ortho intramolecular Hbond substituents is 1. The number of nitro groups is 1. The van der Waals surface area contributed by atoms with Gasteiger partial charge < -0.3 is 5.11 Å². The Bertz CT molecular complexity index is 503. The van der Waals surface area contributed by atoms with Gasteiger partial charge in [-0.2, -0.15) is 5.26 Å². The Kier molecular flexibility index (Phi) is 2.49. The fraction of sp³-hybridized carbons (Fsp3) is 0.364. The molecule has 5 heteroatoms. The van der Waals surface area contributed by atoms with Gasteiger partial charge in [-0.05, 0) is 36.8 Å². The molecule has 2 rings (SSSR count). The molecule has 0 amide bonds. The van der Waals surface area contributed by atoms with E-state index in [4.69, 9.17) is 5.26 Å². The lowest BCUT2D eigenvalue weighted by Gasteiger charge is -2.17. The van der Waals surface area contributed by atoms with Crippen molar-refractivity contribution in [3.8, 4) is 11.8 Å². The monoisotopic (exact) mass is 218 g/mol. The number of hydrogen-bond donors (Lipinski definition) is 1. The number of phenols is 1. The lowest BCUT2D eigenvalue weighted by molar-refractivity contribution is -0.386. The zero-order valence-electron chi connectivity index (χ0n) is 8.56. The highest BCUT2D eigenvalue weighted by molar-refractivity contribution is 5.62. The highest BCUT2D eigenvalue weighted by Gasteiger charge is 2.25. The number of hydrogen-bond acceptors (Lipinski definition) is 4. The Balaban J connectivity index is 2.71. The summed E-state index contributed by atoms with van der Waals surface area (Å²) in [5.41, 5.74) is 1.31. The van der Waals surface area contributed by atoms with E-state index >= 15 is 0 Å². The minimum atomic E-state index is -0.648. The van der Waals surface area contributed by atoms with Gasteiger partial charge in [0.2, 0.25) is 5.75 Å². The number of rotatable bonds is 1. The lowest BCUT2D eigenvalue weighted by Crippen LogP contribution is -2.07.